The summed E-state index contributed by atoms with van der Waals surface area (Å²) >= 11 is 5.83. The number of benzene rings is 1. The summed E-state index contributed by atoms with van der Waals surface area (Å²) in [4.78, 5) is 14.4. The zero-order valence-electron chi connectivity index (χ0n) is 13.1. The predicted octanol–water partition coefficient (Wildman–Crippen LogP) is 2.58. The Morgan fingerprint density at radius 3 is 2.55 bits per heavy atom. The van der Waals surface area contributed by atoms with E-state index in [1.54, 1.807) is 12.2 Å². The number of halogens is 1. The van der Waals surface area contributed by atoms with E-state index in [9.17, 15) is 4.79 Å². The second kappa shape index (κ2) is 8.32. The standard InChI is InChI=1S/C17H23ClN2O2/c1-13(14(2)20-9-11-22-12-10-20)19-17(21)8-5-15-3-6-16(18)7-4-15/h3-8,13-14H,9-12H2,1-2H3,(H,19,21). The van der Waals surface area contributed by atoms with Crippen LogP contribution < -0.4 is 5.32 Å². The van der Waals surface area contributed by atoms with Crippen LogP contribution in [-0.2, 0) is 9.53 Å². The highest BCUT2D eigenvalue weighted by Crippen LogP contribution is 2.11. The van der Waals surface area contributed by atoms with Crippen LogP contribution in [0.5, 0.6) is 0 Å². The number of ether oxygens (including phenoxy) is 1. The SMILES string of the molecule is CC(NC(=O)C=Cc1ccc(Cl)cc1)C(C)N1CCOCC1. The van der Waals surface area contributed by atoms with E-state index < -0.39 is 0 Å². The van der Waals surface area contributed by atoms with Crippen LogP contribution in [0.3, 0.4) is 0 Å². The van der Waals surface area contributed by atoms with Crippen molar-refractivity contribution in [1.82, 2.24) is 10.2 Å². The smallest absolute Gasteiger partial charge is 0.244 e. The molecule has 0 saturated carbocycles. The summed E-state index contributed by atoms with van der Waals surface area (Å²) < 4.78 is 5.36. The molecule has 1 aromatic carbocycles. The van der Waals surface area contributed by atoms with Gasteiger partial charge in [-0.2, -0.15) is 0 Å². The van der Waals surface area contributed by atoms with Gasteiger partial charge in [-0.05, 0) is 37.6 Å². The Morgan fingerprint density at radius 2 is 1.91 bits per heavy atom. The molecule has 1 amide bonds. The number of carbonyl (C=O) groups is 1. The average molecular weight is 323 g/mol. The van der Waals surface area contributed by atoms with Crippen LogP contribution >= 0.6 is 11.6 Å². The molecule has 2 rings (SSSR count). The first-order chi connectivity index (χ1) is 10.6. The monoisotopic (exact) mass is 322 g/mol. The zero-order valence-corrected chi connectivity index (χ0v) is 13.8. The molecule has 1 aromatic rings. The van der Waals surface area contributed by atoms with Crippen molar-refractivity contribution in [2.45, 2.75) is 25.9 Å². The third kappa shape index (κ3) is 5.13. The summed E-state index contributed by atoms with van der Waals surface area (Å²) in [5, 5.41) is 3.71. The van der Waals surface area contributed by atoms with Gasteiger partial charge >= 0.3 is 0 Å². The summed E-state index contributed by atoms with van der Waals surface area (Å²) in [6.07, 6.45) is 3.35. The van der Waals surface area contributed by atoms with E-state index in [2.05, 4.69) is 17.1 Å². The van der Waals surface area contributed by atoms with Crippen LogP contribution in [0.1, 0.15) is 19.4 Å². The van der Waals surface area contributed by atoms with Crippen LogP contribution in [0.2, 0.25) is 5.02 Å². The molecule has 0 aromatic heterocycles. The summed E-state index contributed by atoms with van der Waals surface area (Å²) in [5.74, 6) is -0.0810. The molecule has 1 fully saturated rings. The van der Waals surface area contributed by atoms with Crippen molar-refractivity contribution in [3.63, 3.8) is 0 Å². The molecule has 5 heteroatoms. The van der Waals surface area contributed by atoms with Gasteiger partial charge in [-0.15, -0.1) is 0 Å². The largest absolute Gasteiger partial charge is 0.379 e. The van der Waals surface area contributed by atoms with Gasteiger partial charge in [-0.25, -0.2) is 0 Å². The molecular formula is C17H23ClN2O2. The highest BCUT2D eigenvalue weighted by atomic mass is 35.5. The van der Waals surface area contributed by atoms with Gasteiger partial charge in [0.1, 0.15) is 0 Å². The molecule has 2 atom stereocenters. The number of nitrogens with zero attached hydrogens (tertiary/aromatic N) is 1. The van der Waals surface area contributed by atoms with E-state index in [1.807, 2.05) is 31.2 Å². The lowest BCUT2D eigenvalue weighted by Crippen LogP contribution is -2.51. The molecular weight excluding hydrogens is 300 g/mol. The Bertz CT molecular complexity index is 510. The fraction of sp³-hybridized carbons (Fsp3) is 0.471. The molecule has 0 spiro atoms. The molecule has 120 valence electrons. The molecule has 1 heterocycles. The normalized spacial score (nSPS) is 19.0. The third-order valence-electron chi connectivity index (χ3n) is 4.01. The fourth-order valence-electron chi connectivity index (χ4n) is 2.44. The Hall–Kier alpha value is -1.36. The highest BCUT2D eigenvalue weighted by molar-refractivity contribution is 6.30. The van der Waals surface area contributed by atoms with Crippen molar-refractivity contribution in [3.05, 3.63) is 40.9 Å². The van der Waals surface area contributed by atoms with Crippen molar-refractivity contribution < 1.29 is 9.53 Å². The second-order valence-corrected chi connectivity index (χ2v) is 6.01. The topological polar surface area (TPSA) is 41.6 Å². The molecule has 1 saturated heterocycles. The van der Waals surface area contributed by atoms with Gasteiger partial charge in [0.15, 0.2) is 0 Å². The molecule has 2 unspecified atom stereocenters. The predicted molar refractivity (Wildman–Crippen MR) is 89.9 cm³/mol. The van der Waals surface area contributed by atoms with Crippen molar-refractivity contribution in [1.29, 1.82) is 0 Å². The molecule has 0 bridgehead atoms. The number of rotatable bonds is 5. The van der Waals surface area contributed by atoms with E-state index in [0.29, 0.717) is 5.02 Å². The first-order valence-corrected chi connectivity index (χ1v) is 8.00. The lowest BCUT2D eigenvalue weighted by Gasteiger charge is -2.35. The molecule has 0 radical (unpaired) electrons. The lowest BCUT2D eigenvalue weighted by atomic mass is 10.1. The maximum atomic E-state index is 12.0. The zero-order chi connectivity index (χ0) is 15.9. The summed E-state index contributed by atoms with van der Waals surface area (Å²) in [7, 11) is 0. The summed E-state index contributed by atoms with van der Waals surface area (Å²) in [6.45, 7) is 7.54. The van der Waals surface area contributed by atoms with Crippen LogP contribution in [0, 0.1) is 0 Å². The average Bonchev–Trinajstić information content (AvgIpc) is 2.54. The maximum Gasteiger partial charge on any atom is 0.244 e. The first-order valence-electron chi connectivity index (χ1n) is 7.62. The minimum Gasteiger partial charge on any atom is -0.379 e. The van der Waals surface area contributed by atoms with Gasteiger partial charge in [0.05, 0.1) is 13.2 Å². The van der Waals surface area contributed by atoms with E-state index in [1.165, 1.54) is 0 Å². The van der Waals surface area contributed by atoms with Gasteiger partial charge in [-0.1, -0.05) is 23.7 Å². The number of amides is 1. The maximum absolute atomic E-state index is 12.0. The molecule has 4 nitrogen and oxygen atoms in total. The Kier molecular flexibility index (Phi) is 6.43. The van der Waals surface area contributed by atoms with Gasteiger partial charge in [-0.3, -0.25) is 9.69 Å². The van der Waals surface area contributed by atoms with Gasteiger partial charge in [0, 0.05) is 36.3 Å². The van der Waals surface area contributed by atoms with E-state index in [0.717, 1.165) is 31.9 Å². The molecule has 0 aliphatic carbocycles. The molecule has 1 aliphatic heterocycles. The quantitative estimate of drug-likeness (QED) is 0.847. The van der Waals surface area contributed by atoms with E-state index >= 15 is 0 Å². The fourth-order valence-corrected chi connectivity index (χ4v) is 2.57. The Balaban J connectivity index is 1.83. The number of nitrogens with one attached hydrogen (secondary N) is 1. The summed E-state index contributed by atoms with van der Waals surface area (Å²) in [6, 6.07) is 7.75. The van der Waals surface area contributed by atoms with E-state index in [4.69, 9.17) is 16.3 Å². The Labute approximate surface area is 137 Å². The summed E-state index contributed by atoms with van der Waals surface area (Å²) in [5.41, 5.74) is 0.952. The number of hydrogen-bond acceptors (Lipinski definition) is 3. The third-order valence-corrected chi connectivity index (χ3v) is 4.26. The van der Waals surface area contributed by atoms with Crippen molar-refractivity contribution in [2.75, 3.05) is 26.3 Å². The van der Waals surface area contributed by atoms with Crippen LogP contribution in [0.25, 0.3) is 6.08 Å². The number of carbonyl (C=O) groups excluding carboxylic acids is 1. The van der Waals surface area contributed by atoms with Gasteiger partial charge in [0.2, 0.25) is 5.91 Å². The second-order valence-electron chi connectivity index (χ2n) is 5.57. The van der Waals surface area contributed by atoms with Gasteiger partial charge < -0.3 is 10.1 Å². The molecule has 1 N–H and O–H groups in total. The van der Waals surface area contributed by atoms with E-state index in [-0.39, 0.29) is 18.0 Å². The first kappa shape index (κ1) is 17.0. The Morgan fingerprint density at radius 1 is 1.27 bits per heavy atom. The van der Waals surface area contributed by atoms with Gasteiger partial charge in [0.25, 0.3) is 0 Å². The van der Waals surface area contributed by atoms with Crippen LogP contribution in [0.15, 0.2) is 30.3 Å². The molecule has 1 aliphatic rings. The highest BCUT2D eigenvalue weighted by Gasteiger charge is 2.22. The lowest BCUT2D eigenvalue weighted by molar-refractivity contribution is -0.117. The van der Waals surface area contributed by atoms with Crippen molar-refractivity contribution >= 4 is 23.6 Å². The minimum absolute atomic E-state index is 0.0810. The number of morpholine rings is 1. The molecule has 22 heavy (non-hydrogen) atoms. The minimum atomic E-state index is -0.0810. The van der Waals surface area contributed by atoms with Crippen molar-refractivity contribution in [3.8, 4) is 0 Å². The van der Waals surface area contributed by atoms with Crippen LogP contribution in [-0.4, -0.2) is 49.2 Å². The van der Waals surface area contributed by atoms with Crippen molar-refractivity contribution in [2.24, 2.45) is 0 Å². The van der Waals surface area contributed by atoms with Crippen LogP contribution in [0.4, 0.5) is 0 Å². The number of hydrogen-bond donors (Lipinski definition) is 1.